The number of rotatable bonds is 5. The van der Waals surface area contributed by atoms with Gasteiger partial charge in [0.1, 0.15) is 29.1 Å². The van der Waals surface area contributed by atoms with E-state index in [1.54, 1.807) is 24.3 Å². The Labute approximate surface area is 184 Å². The number of esters is 4. The van der Waals surface area contributed by atoms with Crippen LogP contribution in [0.2, 0.25) is 0 Å². The van der Waals surface area contributed by atoms with Gasteiger partial charge in [-0.2, -0.15) is 0 Å². The molecule has 0 bridgehead atoms. The molecule has 0 saturated carbocycles. The maximum atomic E-state index is 11.7. The second-order valence-corrected chi connectivity index (χ2v) is 7.14. The lowest BCUT2D eigenvalue weighted by atomic mass is 9.93. The zero-order chi connectivity index (χ0) is 23.4. The predicted octanol–water partition coefficient (Wildman–Crippen LogP) is 3.07. The van der Waals surface area contributed by atoms with Crippen molar-refractivity contribution in [3.63, 3.8) is 0 Å². The van der Waals surface area contributed by atoms with Crippen LogP contribution in [0.25, 0.3) is 0 Å². The third-order valence-electron chi connectivity index (χ3n) is 4.44. The second kappa shape index (κ2) is 9.51. The fourth-order valence-corrected chi connectivity index (χ4v) is 3.38. The van der Waals surface area contributed by atoms with Crippen molar-refractivity contribution in [2.45, 2.75) is 46.3 Å². The van der Waals surface area contributed by atoms with Crippen molar-refractivity contribution < 1.29 is 42.9 Å². The SMILES string of the molecule is CC(=O)Oc1ccc([C@H]2Oc3cc(OC(C)=O)cc(OC(C)=O)c3C[C@@H]2OC(C)=O)cc1. The summed E-state index contributed by atoms with van der Waals surface area (Å²) in [5.74, 6) is -1.12. The van der Waals surface area contributed by atoms with Gasteiger partial charge in [-0.3, -0.25) is 19.2 Å². The molecule has 0 spiro atoms. The number of ether oxygens (including phenoxy) is 5. The molecule has 0 saturated heterocycles. The number of benzene rings is 2. The monoisotopic (exact) mass is 442 g/mol. The topological polar surface area (TPSA) is 114 Å². The average Bonchev–Trinajstić information content (AvgIpc) is 2.67. The number of hydrogen-bond donors (Lipinski definition) is 0. The fraction of sp³-hybridized carbons (Fsp3) is 0.304. The lowest BCUT2D eigenvalue weighted by Gasteiger charge is -2.34. The van der Waals surface area contributed by atoms with Gasteiger partial charge < -0.3 is 23.7 Å². The molecular formula is C23H22O9. The van der Waals surface area contributed by atoms with Gasteiger partial charge in [-0.25, -0.2) is 0 Å². The first-order chi connectivity index (χ1) is 15.1. The highest BCUT2D eigenvalue weighted by Crippen LogP contribution is 2.44. The van der Waals surface area contributed by atoms with E-state index >= 15 is 0 Å². The molecule has 168 valence electrons. The molecule has 9 heteroatoms. The van der Waals surface area contributed by atoms with Crippen molar-refractivity contribution >= 4 is 23.9 Å². The molecule has 2 aromatic carbocycles. The normalized spacial score (nSPS) is 16.8. The summed E-state index contributed by atoms with van der Waals surface area (Å²) in [6, 6.07) is 9.48. The number of hydrogen-bond acceptors (Lipinski definition) is 9. The smallest absolute Gasteiger partial charge is 0.308 e. The molecule has 3 rings (SSSR count). The standard InChI is InChI=1S/C23H22O9/c1-12(24)28-17-7-5-16(6-8-17)23-22(31-15(4)27)11-19-20(30-14(3)26)9-18(29-13(2)25)10-21(19)32-23/h5-10,22-23H,11H2,1-4H3/t22-,23+/m0/s1. The van der Waals surface area contributed by atoms with Crippen LogP contribution in [0.3, 0.4) is 0 Å². The van der Waals surface area contributed by atoms with Crippen LogP contribution in [0.1, 0.15) is 44.9 Å². The van der Waals surface area contributed by atoms with Crippen molar-refractivity contribution in [2.24, 2.45) is 0 Å². The molecule has 0 amide bonds. The average molecular weight is 442 g/mol. The molecular weight excluding hydrogens is 420 g/mol. The summed E-state index contributed by atoms with van der Waals surface area (Å²) in [6.45, 7) is 5.07. The van der Waals surface area contributed by atoms with E-state index < -0.39 is 36.1 Å². The summed E-state index contributed by atoms with van der Waals surface area (Å²) >= 11 is 0. The first-order valence-corrected chi connectivity index (χ1v) is 9.78. The Bertz CT molecular complexity index is 1060. The van der Waals surface area contributed by atoms with Gasteiger partial charge in [0.2, 0.25) is 0 Å². The molecule has 0 unspecified atom stereocenters. The van der Waals surface area contributed by atoms with Crippen LogP contribution < -0.4 is 18.9 Å². The van der Waals surface area contributed by atoms with Crippen molar-refractivity contribution in [3.05, 3.63) is 47.5 Å². The minimum atomic E-state index is -0.728. The van der Waals surface area contributed by atoms with Crippen LogP contribution >= 0.6 is 0 Å². The van der Waals surface area contributed by atoms with E-state index in [0.29, 0.717) is 22.6 Å². The summed E-state index contributed by atoms with van der Waals surface area (Å²) in [5.41, 5.74) is 1.15. The maximum absolute atomic E-state index is 11.7. The quantitative estimate of drug-likeness (QED) is 0.509. The molecule has 2 atom stereocenters. The van der Waals surface area contributed by atoms with Crippen LogP contribution in [-0.2, 0) is 30.3 Å². The van der Waals surface area contributed by atoms with E-state index in [4.69, 9.17) is 23.7 Å². The van der Waals surface area contributed by atoms with Crippen molar-refractivity contribution in [1.29, 1.82) is 0 Å². The van der Waals surface area contributed by atoms with Gasteiger partial charge in [0.05, 0.1) is 0 Å². The Morgan fingerprint density at radius 1 is 0.781 bits per heavy atom. The first-order valence-electron chi connectivity index (χ1n) is 9.78. The largest absolute Gasteiger partial charge is 0.481 e. The van der Waals surface area contributed by atoms with E-state index in [1.807, 2.05) is 0 Å². The second-order valence-electron chi connectivity index (χ2n) is 7.14. The van der Waals surface area contributed by atoms with Crippen molar-refractivity contribution in [3.8, 4) is 23.0 Å². The molecule has 0 aromatic heterocycles. The molecule has 1 heterocycles. The third kappa shape index (κ3) is 5.63. The Kier molecular flexibility index (Phi) is 6.77. The van der Waals surface area contributed by atoms with Gasteiger partial charge in [-0.1, -0.05) is 12.1 Å². The van der Waals surface area contributed by atoms with E-state index in [0.717, 1.165) is 0 Å². The van der Waals surface area contributed by atoms with Gasteiger partial charge in [-0.05, 0) is 17.7 Å². The molecule has 1 aliphatic heterocycles. The number of fused-ring (bicyclic) bond motifs is 1. The van der Waals surface area contributed by atoms with Crippen LogP contribution in [0, 0.1) is 0 Å². The lowest BCUT2D eigenvalue weighted by Crippen LogP contribution is -2.34. The Morgan fingerprint density at radius 3 is 1.94 bits per heavy atom. The van der Waals surface area contributed by atoms with Crippen LogP contribution in [0.15, 0.2) is 36.4 Å². The highest BCUT2D eigenvalue weighted by molar-refractivity contribution is 5.73. The molecule has 9 nitrogen and oxygen atoms in total. The minimum absolute atomic E-state index is 0.141. The molecule has 0 fully saturated rings. The van der Waals surface area contributed by atoms with E-state index in [9.17, 15) is 19.2 Å². The van der Waals surface area contributed by atoms with Gasteiger partial charge in [0, 0.05) is 51.8 Å². The lowest BCUT2D eigenvalue weighted by molar-refractivity contribution is -0.152. The predicted molar refractivity (Wildman–Crippen MR) is 109 cm³/mol. The van der Waals surface area contributed by atoms with Crippen LogP contribution in [0.4, 0.5) is 0 Å². The third-order valence-corrected chi connectivity index (χ3v) is 4.44. The zero-order valence-corrected chi connectivity index (χ0v) is 18.0. The van der Waals surface area contributed by atoms with E-state index in [2.05, 4.69) is 0 Å². The first kappa shape index (κ1) is 22.8. The highest BCUT2D eigenvalue weighted by Gasteiger charge is 2.36. The van der Waals surface area contributed by atoms with Crippen LogP contribution in [-0.4, -0.2) is 30.0 Å². The van der Waals surface area contributed by atoms with Gasteiger partial charge in [0.15, 0.2) is 6.10 Å². The van der Waals surface area contributed by atoms with Crippen LogP contribution in [0.5, 0.6) is 23.0 Å². The Balaban J connectivity index is 2.02. The van der Waals surface area contributed by atoms with Crippen molar-refractivity contribution in [1.82, 2.24) is 0 Å². The number of carbonyl (C=O) groups excluding carboxylic acids is 4. The number of carbonyl (C=O) groups is 4. The molecule has 0 N–H and O–H groups in total. The van der Waals surface area contributed by atoms with Crippen molar-refractivity contribution in [2.75, 3.05) is 0 Å². The summed E-state index contributed by atoms with van der Waals surface area (Å²) in [4.78, 5) is 45.9. The highest BCUT2D eigenvalue weighted by atomic mass is 16.6. The maximum Gasteiger partial charge on any atom is 0.308 e. The molecule has 32 heavy (non-hydrogen) atoms. The molecule has 2 aromatic rings. The summed E-state index contributed by atoms with van der Waals surface area (Å²) in [5, 5.41) is 0. The molecule has 0 aliphatic carbocycles. The zero-order valence-electron chi connectivity index (χ0n) is 18.0. The van der Waals surface area contributed by atoms with E-state index in [-0.39, 0.29) is 17.9 Å². The minimum Gasteiger partial charge on any atom is -0.481 e. The Morgan fingerprint density at radius 2 is 1.38 bits per heavy atom. The fourth-order valence-electron chi connectivity index (χ4n) is 3.38. The molecule has 0 radical (unpaired) electrons. The van der Waals surface area contributed by atoms with Gasteiger partial charge in [-0.15, -0.1) is 0 Å². The van der Waals surface area contributed by atoms with Gasteiger partial charge in [0.25, 0.3) is 0 Å². The summed E-state index contributed by atoms with van der Waals surface area (Å²) < 4.78 is 27.1. The van der Waals surface area contributed by atoms with E-state index in [1.165, 1.54) is 39.8 Å². The summed E-state index contributed by atoms with van der Waals surface area (Å²) in [7, 11) is 0. The summed E-state index contributed by atoms with van der Waals surface area (Å²) in [6.07, 6.45) is -1.25. The Hall–Kier alpha value is -3.88. The van der Waals surface area contributed by atoms with Gasteiger partial charge >= 0.3 is 23.9 Å². The molecule has 1 aliphatic rings.